The molecule has 0 rings (SSSR count). The molecular formula is C16H37IN4O. The van der Waals surface area contributed by atoms with Gasteiger partial charge in [-0.3, -0.25) is 4.99 Å². The van der Waals surface area contributed by atoms with Crippen molar-refractivity contribution in [3.63, 3.8) is 0 Å². The highest BCUT2D eigenvalue weighted by Crippen LogP contribution is 2.04. The van der Waals surface area contributed by atoms with Gasteiger partial charge in [0.1, 0.15) is 0 Å². The normalized spacial score (nSPS) is 12.2. The van der Waals surface area contributed by atoms with Crippen LogP contribution in [0.4, 0.5) is 0 Å². The van der Waals surface area contributed by atoms with Crippen LogP contribution in [-0.4, -0.2) is 64.3 Å². The topological polar surface area (TPSA) is 48.9 Å². The second-order valence-corrected chi connectivity index (χ2v) is 6.39. The predicted octanol–water partition coefficient (Wildman–Crippen LogP) is 2.71. The first kappa shape index (κ1) is 24.2. The number of nitrogens with one attached hydrogen (secondary N) is 2. The van der Waals surface area contributed by atoms with Crippen LogP contribution in [0.1, 0.15) is 46.0 Å². The van der Waals surface area contributed by atoms with Gasteiger partial charge in [-0.05, 0) is 47.3 Å². The zero-order valence-electron chi connectivity index (χ0n) is 15.4. The molecule has 22 heavy (non-hydrogen) atoms. The van der Waals surface area contributed by atoms with Gasteiger partial charge in [-0.15, -0.1) is 24.0 Å². The number of hydrogen-bond acceptors (Lipinski definition) is 3. The maximum atomic E-state index is 5.38. The van der Waals surface area contributed by atoms with Gasteiger partial charge in [-0.1, -0.05) is 19.3 Å². The summed E-state index contributed by atoms with van der Waals surface area (Å²) >= 11 is 0. The van der Waals surface area contributed by atoms with Crippen LogP contribution in [-0.2, 0) is 4.74 Å². The SMILES string of the molecule is CN=C(NCCCCCCCN(C)C)NCC(C)(C)OC.I. The lowest BCUT2D eigenvalue weighted by Crippen LogP contribution is -2.45. The van der Waals surface area contributed by atoms with Crippen LogP contribution >= 0.6 is 24.0 Å². The Hall–Kier alpha value is -0.0800. The fourth-order valence-corrected chi connectivity index (χ4v) is 1.88. The molecule has 0 aliphatic heterocycles. The third-order valence-electron chi connectivity index (χ3n) is 3.53. The van der Waals surface area contributed by atoms with Crippen LogP contribution < -0.4 is 10.6 Å². The first-order valence-electron chi connectivity index (χ1n) is 8.05. The van der Waals surface area contributed by atoms with E-state index >= 15 is 0 Å². The summed E-state index contributed by atoms with van der Waals surface area (Å²) in [6.45, 7) is 7.03. The number of ether oxygens (including phenoxy) is 1. The number of aliphatic imine (C=N–C) groups is 1. The Morgan fingerprint density at radius 2 is 1.64 bits per heavy atom. The van der Waals surface area contributed by atoms with Gasteiger partial charge >= 0.3 is 0 Å². The molecular weight excluding hydrogens is 391 g/mol. The van der Waals surface area contributed by atoms with E-state index < -0.39 is 0 Å². The van der Waals surface area contributed by atoms with Crippen LogP contribution in [0.5, 0.6) is 0 Å². The maximum absolute atomic E-state index is 5.38. The number of halogens is 1. The molecule has 0 radical (unpaired) electrons. The van der Waals surface area contributed by atoms with Gasteiger partial charge in [0.2, 0.25) is 0 Å². The fourth-order valence-electron chi connectivity index (χ4n) is 1.88. The van der Waals surface area contributed by atoms with Crippen molar-refractivity contribution in [1.29, 1.82) is 0 Å². The van der Waals surface area contributed by atoms with E-state index in [9.17, 15) is 0 Å². The number of guanidine groups is 1. The second kappa shape index (κ2) is 14.5. The zero-order valence-corrected chi connectivity index (χ0v) is 17.7. The van der Waals surface area contributed by atoms with Crippen molar-refractivity contribution in [2.75, 3.05) is 47.9 Å². The minimum Gasteiger partial charge on any atom is -0.377 e. The number of nitrogens with zero attached hydrogens (tertiary/aromatic N) is 2. The Labute approximate surface area is 154 Å². The molecule has 0 saturated heterocycles. The molecule has 0 aromatic heterocycles. The smallest absolute Gasteiger partial charge is 0.191 e. The molecule has 0 saturated carbocycles. The average Bonchev–Trinajstić information content (AvgIpc) is 2.44. The van der Waals surface area contributed by atoms with Gasteiger partial charge in [0.25, 0.3) is 0 Å². The van der Waals surface area contributed by atoms with Crippen molar-refractivity contribution in [2.24, 2.45) is 4.99 Å². The summed E-state index contributed by atoms with van der Waals surface area (Å²) in [4.78, 5) is 6.47. The second-order valence-electron chi connectivity index (χ2n) is 6.39. The third kappa shape index (κ3) is 14.8. The van der Waals surface area contributed by atoms with Crippen molar-refractivity contribution in [3.05, 3.63) is 0 Å². The maximum Gasteiger partial charge on any atom is 0.191 e. The molecule has 0 spiro atoms. The molecule has 5 nitrogen and oxygen atoms in total. The summed E-state index contributed by atoms with van der Waals surface area (Å²) in [6, 6.07) is 0. The van der Waals surface area contributed by atoms with E-state index in [2.05, 4.69) is 48.5 Å². The fraction of sp³-hybridized carbons (Fsp3) is 0.938. The van der Waals surface area contributed by atoms with Gasteiger partial charge in [0.05, 0.1) is 5.60 Å². The molecule has 2 N–H and O–H groups in total. The molecule has 0 aromatic rings. The van der Waals surface area contributed by atoms with E-state index in [0.29, 0.717) is 0 Å². The molecule has 0 bridgehead atoms. The van der Waals surface area contributed by atoms with Gasteiger partial charge in [0.15, 0.2) is 5.96 Å². The van der Waals surface area contributed by atoms with E-state index in [0.717, 1.165) is 19.0 Å². The van der Waals surface area contributed by atoms with Crippen LogP contribution in [0, 0.1) is 0 Å². The molecule has 0 unspecified atom stereocenters. The van der Waals surface area contributed by atoms with E-state index in [1.54, 1.807) is 14.2 Å². The van der Waals surface area contributed by atoms with Crippen molar-refractivity contribution >= 4 is 29.9 Å². The lowest BCUT2D eigenvalue weighted by atomic mass is 10.1. The summed E-state index contributed by atoms with van der Waals surface area (Å²) in [5.41, 5.74) is -0.177. The molecule has 0 atom stereocenters. The Balaban J connectivity index is 0. The zero-order chi connectivity index (χ0) is 16.1. The molecule has 6 heteroatoms. The first-order chi connectivity index (χ1) is 9.91. The van der Waals surface area contributed by atoms with E-state index in [-0.39, 0.29) is 29.6 Å². The lowest BCUT2D eigenvalue weighted by molar-refractivity contribution is 0.0268. The highest BCUT2D eigenvalue weighted by molar-refractivity contribution is 14.0. The predicted molar refractivity (Wildman–Crippen MR) is 108 cm³/mol. The molecule has 0 heterocycles. The highest BCUT2D eigenvalue weighted by Gasteiger charge is 2.16. The Kier molecular flexibility index (Phi) is 15.9. The largest absolute Gasteiger partial charge is 0.377 e. The number of rotatable bonds is 11. The van der Waals surface area contributed by atoms with Crippen molar-refractivity contribution < 1.29 is 4.74 Å². The summed E-state index contributed by atoms with van der Waals surface area (Å²) in [5.74, 6) is 0.854. The van der Waals surface area contributed by atoms with Crippen LogP contribution in [0.15, 0.2) is 4.99 Å². The minimum absolute atomic E-state index is 0. The molecule has 0 aliphatic rings. The van der Waals surface area contributed by atoms with Crippen LogP contribution in [0.3, 0.4) is 0 Å². The Morgan fingerprint density at radius 3 is 2.18 bits per heavy atom. The number of hydrogen-bond donors (Lipinski definition) is 2. The average molecular weight is 428 g/mol. The standard InChI is InChI=1S/C16H36N4O.HI/c1-16(2,21-6)14-19-15(17-3)18-12-10-8-7-9-11-13-20(4)5;/h7-14H2,1-6H3,(H2,17,18,19);1H. The summed E-state index contributed by atoms with van der Waals surface area (Å²) in [6.07, 6.45) is 6.42. The quantitative estimate of drug-likeness (QED) is 0.230. The van der Waals surface area contributed by atoms with Gasteiger partial charge in [0, 0.05) is 27.2 Å². The van der Waals surface area contributed by atoms with Crippen LogP contribution in [0.2, 0.25) is 0 Å². The van der Waals surface area contributed by atoms with Gasteiger partial charge in [-0.25, -0.2) is 0 Å². The molecule has 0 aliphatic carbocycles. The molecule has 134 valence electrons. The van der Waals surface area contributed by atoms with Crippen LogP contribution in [0.25, 0.3) is 0 Å². The molecule has 0 amide bonds. The van der Waals surface area contributed by atoms with Gasteiger partial charge < -0.3 is 20.3 Å². The summed E-state index contributed by atoms with van der Waals surface area (Å²) < 4.78 is 5.38. The lowest BCUT2D eigenvalue weighted by Gasteiger charge is -2.24. The van der Waals surface area contributed by atoms with E-state index in [1.807, 2.05) is 0 Å². The minimum atomic E-state index is -0.177. The first-order valence-corrected chi connectivity index (χ1v) is 8.05. The van der Waals surface area contributed by atoms with Crippen molar-refractivity contribution in [3.8, 4) is 0 Å². The third-order valence-corrected chi connectivity index (χ3v) is 3.53. The van der Waals surface area contributed by atoms with E-state index in [1.165, 1.54) is 38.6 Å². The summed E-state index contributed by atoms with van der Waals surface area (Å²) in [5, 5.41) is 6.64. The summed E-state index contributed by atoms with van der Waals surface area (Å²) in [7, 11) is 7.80. The number of unbranched alkanes of at least 4 members (excludes halogenated alkanes) is 4. The Bertz CT molecular complexity index is 283. The Morgan fingerprint density at radius 1 is 1.05 bits per heavy atom. The molecule has 0 fully saturated rings. The van der Waals surface area contributed by atoms with Gasteiger partial charge in [-0.2, -0.15) is 0 Å². The molecule has 0 aromatic carbocycles. The van der Waals surface area contributed by atoms with Crippen molar-refractivity contribution in [1.82, 2.24) is 15.5 Å². The van der Waals surface area contributed by atoms with E-state index in [4.69, 9.17) is 4.74 Å². The highest BCUT2D eigenvalue weighted by atomic mass is 127. The van der Waals surface area contributed by atoms with Crippen molar-refractivity contribution in [2.45, 2.75) is 51.6 Å². The monoisotopic (exact) mass is 428 g/mol. The number of methoxy groups -OCH3 is 1.